The molecule has 0 amide bonds. The van der Waals surface area contributed by atoms with Crippen molar-refractivity contribution in [1.29, 1.82) is 0 Å². The second-order valence-corrected chi connectivity index (χ2v) is 4.12. The van der Waals surface area contributed by atoms with E-state index in [-0.39, 0.29) is 5.92 Å². The van der Waals surface area contributed by atoms with Crippen LogP contribution in [0.2, 0.25) is 0 Å². The van der Waals surface area contributed by atoms with Crippen LogP contribution in [-0.4, -0.2) is 13.6 Å². The number of hydrogen-bond acceptors (Lipinski definition) is 1. The Morgan fingerprint density at radius 3 is 2.00 bits per heavy atom. The summed E-state index contributed by atoms with van der Waals surface area (Å²) in [5, 5.41) is 4.93. The van der Waals surface area contributed by atoms with Gasteiger partial charge >= 0.3 is 0 Å². The third-order valence-electron chi connectivity index (χ3n) is 1.27. The van der Waals surface area contributed by atoms with Gasteiger partial charge in [-0.15, -0.1) is 0 Å². The van der Waals surface area contributed by atoms with Gasteiger partial charge in [0.1, 0.15) is 9.99 Å². The summed E-state index contributed by atoms with van der Waals surface area (Å²) in [5.41, 5.74) is 0. The maximum Gasteiger partial charge on any atom is 0.141 e. The van der Waals surface area contributed by atoms with Gasteiger partial charge in [-0.1, -0.05) is 13.8 Å². The summed E-state index contributed by atoms with van der Waals surface area (Å²) in [4.78, 5) is 0.447. The van der Waals surface area contributed by atoms with Gasteiger partial charge in [-0.25, -0.2) is 9.35 Å². The lowest BCUT2D eigenvalue weighted by molar-refractivity contribution is 0.559. The van der Waals surface area contributed by atoms with Crippen molar-refractivity contribution in [2.24, 2.45) is 11.1 Å². The minimum absolute atomic E-state index is 0.0764. The van der Waals surface area contributed by atoms with Crippen molar-refractivity contribution in [2.45, 2.75) is 20.8 Å². The molecule has 0 fully saturated rings. The normalized spacial score (nSPS) is 17.6. The van der Waals surface area contributed by atoms with Crippen LogP contribution in [-0.2, 0) is 9.99 Å². The Morgan fingerprint density at radius 2 is 2.00 bits per heavy atom. The highest BCUT2D eigenvalue weighted by molar-refractivity contribution is 7.95. The molecule has 0 rings (SSSR count). The van der Waals surface area contributed by atoms with E-state index >= 15 is 0 Å². The molecule has 0 spiro atoms. The Kier molecular flexibility index (Phi) is 2.66. The summed E-state index contributed by atoms with van der Waals surface area (Å²) in [5.74, 6) is 0.0764. The predicted octanol–water partition coefficient (Wildman–Crippen LogP) is 0.466. The van der Waals surface area contributed by atoms with Crippen LogP contribution in [0.3, 0.4) is 0 Å². The second-order valence-electron chi connectivity index (χ2n) is 2.33. The van der Waals surface area contributed by atoms with Gasteiger partial charge in [-0.2, -0.15) is 0 Å². The van der Waals surface area contributed by atoms with Gasteiger partial charge in [0.25, 0.3) is 0 Å². The molecule has 1 unspecified atom stereocenters. The van der Waals surface area contributed by atoms with Crippen LogP contribution in [0.5, 0.6) is 0 Å². The van der Waals surface area contributed by atoms with Gasteiger partial charge in [-0.3, -0.25) is 0 Å². The molecule has 0 aromatic carbocycles. The van der Waals surface area contributed by atoms with Gasteiger partial charge in [0, 0.05) is 4.86 Å². The fourth-order valence-electron chi connectivity index (χ4n) is 0.338. The van der Waals surface area contributed by atoms with Gasteiger partial charge in [0.2, 0.25) is 0 Å². The highest BCUT2D eigenvalue weighted by atomic mass is 32.2. The standard InChI is InChI=1S/C5H13NO2S/c1-4(2)5(3)9(6,7)8/h4H,1-3H3,(H3,6,7,8). The van der Waals surface area contributed by atoms with Gasteiger partial charge in [0.05, 0.1) is 0 Å². The van der Waals surface area contributed by atoms with E-state index in [2.05, 4.69) is 0 Å². The molecule has 0 aliphatic carbocycles. The molecule has 1 atom stereocenters. The van der Waals surface area contributed by atoms with E-state index in [9.17, 15) is 4.21 Å². The Hall–Kier alpha value is -0.0600. The van der Waals surface area contributed by atoms with Crippen molar-refractivity contribution >= 4 is 14.9 Å². The quantitative estimate of drug-likeness (QED) is 0.535. The predicted molar refractivity (Wildman–Crippen MR) is 40.5 cm³/mol. The molecule has 3 N–H and O–H groups in total. The summed E-state index contributed by atoms with van der Waals surface area (Å²) in [7, 11) is -3.14. The van der Waals surface area contributed by atoms with Crippen LogP contribution >= 0.6 is 0 Å². The van der Waals surface area contributed by atoms with Gasteiger partial charge < -0.3 is 4.55 Å². The molecule has 0 aliphatic heterocycles. The highest BCUT2D eigenvalue weighted by Gasteiger charge is 2.04. The first-order valence-electron chi connectivity index (χ1n) is 2.73. The average Bonchev–Trinajstić information content (AvgIpc) is 1.62. The van der Waals surface area contributed by atoms with E-state index < -0.39 is 9.99 Å². The van der Waals surface area contributed by atoms with Crippen molar-refractivity contribution in [3.05, 3.63) is 0 Å². The molecule has 0 aliphatic rings. The van der Waals surface area contributed by atoms with Crippen molar-refractivity contribution in [3.63, 3.8) is 0 Å². The molecular weight excluding hydrogens is 138 g/mol. The third kappa shape index (κ3) is 2.84. The van der Waals surface area contributed by atoms with E-state index in [1.165, 1.54) is 0 Å². The molecule has 0 radical (unpaired) electrons. The zero-order valence-corrected chi connectivity index (χ0v) is 6.73. The zero-order chi connectivity index (χ0) is 7.65. The highest BCUT2D eigenvalue weighted by Crippen LogP contribution is 1.96. The largest absolute Gasteiger partial charge is 0.302 e. The summed E-state index contributed by atoms with van der Waals surface area (Å²) in [6.07, 6.45) is 0. The smallest absolute Gasteiger partial charge is 0.141 e. The minimum Gasteiger partial charge on any atom is -0.302 e. The SMILES string of the molecule is CC(C(C)C)=S(N)(=O)O. The molecule has 56 valence electrons. The third-order valence-corrected chi connectivity index (χ3v) is 2.67. The molecular formula is C5H13NO2S. The monoisotopic (exact) mass is 151 g/mol. The molecule has 0 aromatic heterocycles. The lowest BCUT2D eigenvalue weighted by Crippen LogP contribution is -2.23. The van der Waals surface area contributed by atoms with Crippen LogP contribution in [0.25, 0.3) is 0 Å². The molecule has 0 bridgehead atoms. The van der Waals surface area contributed by atoms with Crippen molar-refractivity contribution < 1.29 is 8.76 Å². The number of hydrogen-bond donors (Lipinski definition) is 2. The van der Waals surface area contributed by atoms with E-state index in [1.54, 1.807) is 6.92 Å². The number of nitrogens with two attached hydrogens (primary N) is 1. The fourth-order valence-corrected chi connectivity index (χ4v) is 1.01. The number of rotatable bonds is 1. The Morgan fingerprint density at radius 1 is 1.67 bits per heavy atom. The first kappa shape index (κ1) is 8.94. The van der Waals surface area contributed by atoms with Crippen LogP contribution in [0.1, 0.15) is 20.8 Å². The Balaban J connectivity index is 4.74. The van der Waals surface area contributed by atoms with Crippen LogP contribution < -0.4 is 5.14 Å². The lowest BCUT2D eigenvalue weighted by atomic mass is 10.2. The second kappa shape index (κ2) is 2.68. The molecule has 0 heterocycles. The topological polar surface area (TPSA) is 63.3 Å². The average molecular weight is 151 g/mol. The molecule has 3 nitrogen and oxygen atoms in total. The van der Waals surface area contributed by atoms with E-state index in [1.807, 2.05) is 13.8 Å². The Labute approximate surface area is 56.2 Å². The van der Waals surface area contributed by atoms with Crippen molar-refractivity contribution in [1.82, 2.24) is 0 Å². The zero-order valence-electron chi connectivity index (χ0n) is 5.92. The van der Waals surface area contributed by atoms with Gasteiger partial charge in [0.15, 0.2) is 0 Å². The molecule has 0 saturated carbocycles. The summed E-state index contributed by atoms with van der Waals surface area (Å²) < 4.78 is 19.3. The Bertz CT molecular complexity index is 193. The van der Waals surface area contributed by atoms with Crippen LogP contribution in [0.4, 0.5) is 0 Å². The van der Waals surface area contributed by atoms with Crippen molar-refractivity contribution in [3.8, 4) is 0 Å². The van der Waals surface area contributed by atoms with E-state index in [0.717, 1.165) is 0 Å². The summed E-state index contributed by atoms with van der Waals surface area (Å²) in [6.45, 7) is 5.25. The molecule has 4 heteroatoms. The van der Waals surface area contributed by atoms with Crippen LogP contribution in [0.15, 0.2) is 0 Å². The maximum absolute atomic E-state index is 10.6. The summed E-state index contributed by atoms with van der Waals surface area (Å²) in [6, 6.07) is 0. The van der Waals surface area contributed by atoms with E-state index in [0.29, 0.717) is 4.86 Å². The summed E-state index contributed by atoms with van der Waals surface area (Å²) >= 11 is 0. The van der Waals surface area contributed by atoms with Gasteiger partial charge in [-0.05, 0) is 12.8 Å². The maximum atomic E-state index is 10.6. The molecule has 9 heavy (non-hydrogen) atoms. The van der Waals surface area contributed by atoms with Crippen LogP contribution in [0, 0.1) is 5.92 Å². The minimum atomic E-state index is -3.14. The lowest BCUT2D eigenvalue weighted by Gasteiger charge is -2.05. The van der Waals surface area contributed by atoms with E-state index in [4.69, 9.17) is 9.69 Å². The molecule has 0 aromatic rings. The van der Waals surface area contributed by atoms with Crippen molar-refractivity contribution in [2.75, 3.05) is 0 Å². The molecule has 0 saturated heterocycles. The first-order valence-corrected chi connectivity index (χ1v) is 4.31. The fraction of sp³-hybridized carbons (Fsp3) is 0.800. The first-order chi connectivity index (χ1) is 3.85.